The third kappa shape index (κ3) is 3.62. The number of carbonyl (C=O) groups excluding carboxylic acids is 1. The van der Waals surface area contributed by atoms with E-state index in [9.17, 15) is 4.79 Å². The number of amides is 1. The number of ether oxygens (including phenoxy) is 1. The van der Waals surface area contributed by atoms with Gasteiger partial charge in [-0.15, -0.1) is 0 Å². The van der Waals surface area contributed by atoms with E-state index in [1.165, 1.54) is 12.8 Å². The molecule has 5 heteroatoms. The molecule has 0 radical (unpaired) electrons. The van der Waals surface area contributed by atoms with E-state index in [-0.39, 0.29) is 5.91 Å². The first-order chi connectivity index (χ1) is 8.66. The number of hydrogen-bond acceptors (Lipinski definition) is 4. The predicted molar refractivity (Wildman–Crippen MR) is 74.7 cm³/mol. The van der Waals surface area contributed by atoms with Crippen LogP contribution in [0.4, 0.5) is 0 Å². The molecular formula is C13H24N2O2S. The first-order valence-electron chi connectivity index (χ1n) is 6.84. The van der Waals surface area contributed by atoms with Crippen molar-refractivity contribution in [3.63, 3.8) is 0 Å². The Kier molecular flexibility index (Phi) is 4.92. The van der Waals surface area contributed by atoms with Gasteiger partial charge in [-0.3, -0.25) is 4.79 Å². The van der Waals surface area contributed by atoms with Crippen molar-refractivity contribution in [1.82, 2.24) is 5.32 Å². The number of methoxy groups -OCH3 is 1. The molecule has 2 aliphatic rings. The van der Waals surface area contributed by atoms with Gasteiger partial charge >= 0.3 is 0 Å². The van der Waals surface area contributed by atoms with Crippen LogP contribution in [0.2, 0.25) is 0 Å². The minimum absolute atomic E-state index is 0.158. The Hall–Kier alpha value is -0.260. The van der Waals surface area contributed by atoms with Gasteiger partial charge in [0.2, 0.25) is 5.91 Å². The lowest BCUT2D eigenvalue weighted by molar-refractivity contribution is -0.124. The summed E-state index contributed by atoms with van der Waals surface area (Å²) in [4.78, 5) is 11.7. The fourth-order valence-electron chi connectivity index (χ4n) is 2.64. The monoisotopic (exact) mass is 272 g/mol. The highest BCUT2D eigenvalue weighted by atomic mass is 32.2. The third-order valence-electron chi connectivity index (χ3n) is 3.85. The summed E-state index contributed by atoms with van der Waals surface area (Å²) in [6.45, 7) is 0.820. The first kappa shape index (κ1) is 14.2. The van der Waals surface area contributed by atoms with Crippen molar-refractivity contribution >= 4 is 17.7 Å². The second-order valence-corrected chi connectivity index (χ2v) is 6.86. The molecule has 2 saturated carbocycles. The zero-order chi connectivity index (χ0) is 13.0. The molecule has 1 amide bonds. The molecule has 0 heterocycles. The van der Waals surface area contributed by atoms with Gasteiger partial charge in [0, 0.05) is 25.0 Å². The number of carbonyl (C=O) groups is 1. The fraction of sp³-hybridized carbons (Fsp3) is 0.923. The van der Waals surface area contributed by atoms with E-state index in [1.54, 1.807) is 7.11 Å². The summed E-state index contributed by atoms with van der Waals surface area (Å²) < 4.78 is 5.05. The Bertz CT molecular complexity index is 297. The van der Waals surface area contributed by atoms with Gasteiger partial charge in [-0.25, -0.2) is 0 Å². The molecule has 0 aliphatic heterocycles. The summed E-state index contributed by atoms with van der Waals surface area (Å²) in [5, 5.41) is 4.05. The maximum absolute atomic E-state index is 11.7. The van der Waals surface area contributed by atoms with Crippen LogP contribution >= 0.6 is 11.8 Å². The molecule has 2 atom stereocenters. The summed E-state index contributed by atoms with van der Waals surface area (Å²) in [6, 6.07) is 0.537. The largest absolute Gasteiger partial charge is 0.385 e. The molecule has 0 aromatic heterocycles. The van der Waals surface area contributed by atoms with Crippen LogP contribution < -0.4 is 11.1 Å². The maximum Gasteiger partial charge on any atom is 0.237 e. The standard InChI is InChI=1S/C13H24N2O2S/c1-17-7-2-8-18-11-5-6-13(9-11,12(14)16)15-10-3-4-10/h10-11,15H,2-9H2,1H3,(H2,14,16). The Morgan fingerprint density at radius 1 is 1.50 bits per heavy atom. The lowest BCUT2D eigenvalue weighted by atomic mass is 9.96. The van der Waals surface area contributed by atoms with Crippen LogP contribution in [0.1, 0.15) is 38.5 Å². The highest BCUT2D eigenvalue weighted by molar-refractivity contribution is 7.99. The molecule has 18 heavy (non-hydrogen) atoms. The zero-order valence-electron chi connectivity index (χ0n) is 11.1. The summed E-state index contributed by atoms with van der Waals surface area (Å²) in [5.74, 6) is 0.950. The van der Waals surface area contributed by atoms with E-state index in [2.05, 4.69) is 5.32 Å². The quantitative estimate of drug-likeness (QED) is 0.653. The van der Waals surface area contributed by atoms with Crippen LogP contribution in [0.15, 0.2) is 0 Å². The van der Waals surface area contributed by atoms with E-state index in [0.717, 1.165) is 38.0 Å². The molecule has 3 N–H and O–H groups in total. The average molecular weight is 272 g/mol. The van der Waals surface area contributed by atoms with Gasteiger partial charge < -0.3 is 15.8 Å². The van der Waals surface area contributed by atoms with Crippen LogP contribution in [0.25, 0.3) is 0 Å². The molecule has 2 aliphatic carbocycles. The van der Waals surface area contributed by atoms with Gasteiger partial charge in [-0.2, -0.15) is 11.8 Å². The minimum Gasteiger partial charge on any atom is -0.385 e. The molecular weight excluding hydrogens is 248 g/mol. The molecule has 0 aromatic carbocycles. The SMILES string of the molecule is COCCCSC1CCC(NC2CC2)(C(N)=O)C1. The molecule has 4 nitrogen and oxygen atoms in total. The van der Waals surface area contributed by atoms with Crippen LogP contribution in [0, 0.1) is 0 Å². The molecule has 2 rings (SSSR count). The summed E-state index contributed by atoms with van der Waals surface area (Å²) in [7, 11) is 1.73. The molecule has 2 unspecified atom stereocenters. The van der Waals surface area contributed by atoms with Gasteiger partial charge in [0.1, 0.15) is 0 Å². The second-order valence-electron chi connectivity index (χ2n) is 5.45. The van der Waals surface area contributed by atoms with Crippen LogP contribution in [0.3, 0.4) is 0 Å². The van der Waals surface area contributed by atoms with E-state index in [0.29, 0.717) is 11.3 Å². The van der Waals surface area contributed by atoms with Crippen molar-refractivity contribution in [3.05, 3.63) is 0 Å². The molecule has 0 spiro atoms. The average Bonchev–Trinajstić information content (AvgIpc) is 3.04. The number of primary amides is 1. The maximum atomic E-state index is 11.7. The Morgan fingerprint density at radius 2 is 2.28 bits per heavy atom. The van der Waals surface area contributed by atoms with Crippen molar-refractivity contribution in [2.24, 2.45) is 5.73 Å². The third-order valence-corrected chi connectivity index (χ3v) is 5.24. The van der Waals surface area contributed by atoms with Gasteiger partial charge in [-0.05, 0) is 44.3 Å². The number of nitrogens with two attached hydrogens (primary N) is 1. The highest BCUT2D eigenvalue weighted by Gasteiger charge is 2.46. The summed E-state index contributed by atoms with van der Waals surface area (Å²) in [6.07, 6.45) is 6.37. The fourth-order valence-corrected chi connectivity index (χ4v) is 3.94. The van der Waals surface area contributed by atoms with Gasteiger partial charge in [0.25, 0.3) is 0 Å². The minimum atomic E-state index is -0.417. The van der Waals surface area contributed by atoms with E-state index < -0.39 is 5.54 Å². The lowest BCUT2D eigenvalue weighted by Gasteiger charge is -2.27. The highest BCUT2D eigenvalue weighted by Crippen LogP contribution is 2.39. The van der Waals surface area contributed by atoms with Crippen molar-refractivity contribution in [1.29, 1.82) is 0 Å². The molecule has 0 aromatic rings. The number of nitrogens with one attached hydrogen (secondary N) is 1. The Labute approximate surface area is 113 Å². The normalized spacial score (nSPS) is 31.7. The lowest BCUT2D eigenvalue weighted by Crippen LogP contribution is -2.54. The first-order valence-corrected chi connectivity index (χ1v) is 7.89. The summed E-state index contributed by atoms with van der Waals surface area (Å²) >= 11 is 1.96. The van der Waals surface area contributed by atoms with Crippen LogP contribution in [-0.4, -0.2) is 42.2 Å². The number of thioether (sulfide) groups is 1. The van der Waals surface area contributed by atoms with Gasteiger partial charge in [-0.1, -0.05) is 0 Å². The van der Waals surface area contributed by atoms with Gasteiger partial charge in [0.05, 0.1) is 5.54 Å². The van der Waals surface area contributed by atoms with E-state index in [1.807, 2.05) is 11.8 Å². The number of rotatable bonds is 8. The number of hydrogen-bond donors (Lipinski definition) is 2. The van der Waals surface area contributed by atoms with Gasteiger partial charge in [0.15, 0.2) is 0 Å². The molecule has 2 fully saturated rings. The second kappa shape index (κ2) is 6.26. The molecule has 0 bridgehead atoms. The Balaban J connectivity index is 1.78. The van der Waals surface area contributed by atoms with E-state index >= 15 is 0 Å². The van der Waals surface area contributed by atoms with E-state index in [4.69, 9.17) is 10.5 Å². The zero-order valence-corrected chi connectivity index (χ0v) is 11.9. The van der Waals surface area contributed by atoms with Crippen LogP contribution in [-0.2, 0) is 9.53 Å². The van der Waals surface area contributed by atoms with Crippen LogP contribution in [0.5, 0.6) is 0 Å². The van der Waals surface area contributed by atoms with Crippen molar-refractivity contribution in [2.45, 2.75) is 55.4 Å². The van der Waals surface area contributed by atoms with Crippen molar-refractivity contribution < 1.29 is 9.53 Å². The molecule has 0 saturated heterocycles. The Morgan fingerprint density at radius 3 is 2.89 bits per heavy atom. The predicted octanol–water partition coefficient (Wildman–Crippen LogP) is 1.28. The molecule has 104 valence electrons. The smallest absolute Gasteiger partial charge is 0.237 e. The summed E-state index contributed by atoms with van der Waals surface area (Å²) in [5.41, 5.74) is 5.20. The van der Waals surface area contributed by atoms with Crippen molar-refractivity contribution in [2.75, 3.05) is 19.5 Å². The topological polar surface area (TPSA) is 64.3 Å². The van der Waals surface area contributed by atoms with Crippen molar-refractivity contribution in [3.8, 4) is 0 Å².